The lowest BCUT2D eigenvalue weighted by Gasteiger charge is -2.18. The monoisotopic (exact) mass is 282 g/mol. The van der Waals surface area contributed by atoms with E-state index in [1.807, 2.05) is 6.92 Å². The molecular formula is C14H13ClF2N2. The highest BCUT2D eigenvalue weighted by atomic mass is 35.5. The molecule has 0 fully saturated rings. The average Bonchev–Trinajstić information content (AvgIpc) is 2.38. The largest absolute Gasteiger partial charge is 0.305 e. The van der Waals surface area contributed by atoms with Crippen molar-refractivity contribution in [2.24, 2.45) is 0 Å². The number of rotatable bonds is 4. The first kappa shape index (κ1) is 13.9. The van der Waals surface area contributed by atoms with Crippen LogP contribution < -0.4 is 5.32 Å². The van der Waals surface area contributed by atoms with Crippen LogP contribution in [0.15, 0.2) is 36.5 Å². The summed E-state index contributed by atoms with van der Waals surface area (Å²) in [6.45, 7) is 2.54. The maximum absolute atomic E-state index is 13.9. The van der Waals surface area contributed by atoms with Crippen molar-refractivity contribution in [2.45, 2.75) is 13.0 Å². The van der Waals surface area contributed by atoms with Crippen LogP contribution in [0.2, 0.25) is 5.02 Å². The van der Waals surface area contributed by atoms with E-state index >= 15 is 0 Å². The molecule has 0 spiro atoms. The number of halogens is 3. The molecule has 1 atom stereocenters. The van der Waals surface area contributed by atoms with Gasteiger partial charge in [0.1, 0.15) is 11.6 Å². The minimum Gasteiger partial charge on any atom is -0.305 e. The van der Waals surface area contributed by atoms with E-state index < -0.39 is 17.7 Å². The van der Waals surface area contributed by atoms with Crippen molar-refractivity contribution >= 4 is 11.6 Å². The molecule has 19 heavy (non-hydrogen) atoms. The van der Waals surface area contributed by atoms with Gasteiger partial charge in [0.25, 0.3) is 0 Å². The molecule has 0 saturated heterocycles. The van der Waals surface area contributed by atoms with E-state index in [2.05, 4.69) is 10.3 Å². The Bertz CT molecular complexity index is 558. The highest BCUT2D eigenvalue weighted by molar-refractivity contribution is 6.30. The second-order valence-corrected chi connectivity index (χ2v) is 4.49. The van der Waals surface area contributed by atoms with Crippen molar-refractivity contribution in [2.75, 3.05) is 6.54 Å². The van der Waals surface area contributed by atoms with Gasteiger partial charge < -0.3 is 5.32 Å². The molecule has 2 rings (SSSR count). The van der Waals surface area contributed by atoms with Gasteiger partial charge in [-0.1, -0.05) is 24.6 Å². The van der Waals surface area contributed by atoms with Crippen molar-refractivity contribution < 1.29 is 8.78 Å². The molecule has 0 saturated carbocycles. The lowest BCUT2D eigenvalue weighted by atomic mass is 10.0. The number of pyridine rings is 1. The third-order valence-electron chi connectivity index (χ3n) is 2.73. The molecular weight excluding hydrogens is 270 g/mol. The highest BCUT2D eigenvalue weighted by Gasteiger charge is 2.18. The summed E-state index contributed by atoms with van der Waals surface area (Å²) in [6.07, 6.45) is 1.50. The summed E-state index contributed by atoms with van der Waals surface area (Å²) >= 11 is 5.78. The van der Waals surface area contributed by atoms with E-state index in [1.165, 1.54) is 18.3 Å². The van der Waals surface area contributed by atoms with Gasteiger partial charge in [-0.25, -0.2) is 8.78 Å². The first-order valence-electron chi connectivity index (χ1n) is 5.91. The van der Waals surface area contributed by atoms with Gasteiger partial charge in [-0.3, -0.25) is 4.98 Å². The summed E-state index contributed by atoms with van der Waals surface area (Å²) in [4.78, 5) is 4.18. The summed E-state index contributed by atoms with van der Waals surface area (Å²) < 4.78 is 26.8. The normalized spacial score (nSPS) is 12.4. The standard InChI is InChI=1S/C14H13ClF2N2/c1-2-18-14(13-6-3-9(15)8-19-13)11-5-4-10(16)7-12(11)17/h3-8,14,18H,2H2,1H3. The van der Waals surface area contributed by atoms with Crippen LogP contribution in [-0.2, 0) is 0 Å². The second-order valence-electron chi connectivity index (χ2n) is 4.06. The third kappa shape index (κ3) is 3.28. The molecule has 1 aromatic carbocycles. The van der Waals surface area contributed by atoms with E-state index in [9.17, 15) is 8.78 Å². The summed E-state index contributed by atoms with van der Waals surface area (Å²) in [7, 11) is 0. The predicted molar refractivity (Wildman–Crippen MR) is 71.1 cm³/mol. The number of nitrogens with zero attached hydrogens (tertiary/aromatic N) is 1. The molecule has 100 valence electrons. The van der Waals surface area contributed by atoms with Crippen LogP contribution in [0.3, 0.4) is 0 Å². The van der Waals surface area contributed by atoms with E-state index in [4.69, 9.17) is 11.6 Å². The zero-order valence-electron chi connectivity index (χ0n) is 10.3. The molecule has 2 nitrogen and oxygen atoms in total. The molecule has 0 aliphatic heterocycles. The van der Waals surface area contributed by atoms with Gasteiger partial charge in [-0.05, 0) is 24.7 Å². The number of hydrogen-bond acceptors (Lipinski definition) is 2. The Morgan fingerprint density at radius 2 is 2.05 bits per heavy atom. The Kier molecular flexibility index (Phi) is 4.45. The average molecular weight is 283 g/mol. The molecule has 1 aromatic heterocycles. The number of benzene rings is 1. The van der Waals surface area contributed by atoms with Crippen molar-refractivity contribution in [3.8, 4) is 0 Å². The molecule has 0 aliphatic rings. The summed E-state index contributed by atoms with van der Waals surface area (Å²) in [5.74, 6) is -1.19. The SMILES string of the molecule is CCNC(c1ccc(Cl)cn1)c1ccc(F)cc1F. The van der Waals surface area contributed by atoms with Gasteiger partial charge >= 0.3 is 0 Å². The fourth-order valence-corrected chi connectivity index (χ4v) is 1.98. The molecule has 0 amide bonds. The first-order valence-corrected chi connectivity index (χ1v) is 6.29. The van der Waals surface area contributed by atoms with E-state index in [0.717, 1.165) is 6.07 Å². The van der Waals surface area contributed by atoms with Crippen molar-refractivity contribution in [3.05, 3.63) is 64.4 Å². The zero-order chi connectivity index (χ0) is 13.8. The van der Waals surface area contributed by atoms with Crippen LogP contribution in [0.5, 0.6) is 0 Å². The topological polar surface area (TPSA) is 24.9 Å². The molecule has 5 heteroatoms. The van der Waals surface area contributed by atoms with E-state index in [1.54, 1.807) is 12.1 Å². The third-order valence-corrected chi connectivity index (χ3v) is 2.95. The first-order chi connectivity index (χ1) is 9.11. The smallest absolute Gasteiger partial charge is 0.131 e. The van der Waals surface area contributed by atoms with Gasteiger partial charge in [0, 0.05) is 17.8 Å². The Balaban J connectivity index is 2.41. The fourth-order valence-electron chi connectivity index (χ4n) is 1.87. The van der Waals surface area contributed by atoms with Gasteiger partial charge in [0.2, 0.25) is 0 Å². The predicted octanol–water partition coefficient (Wildman–Crippen LogP) is 3.71. The number of hydrogen-bond donors (Lipinski definition) is 1. The minimum absolute atomic E-state index is 0.359. The molecule has 1 N–H and O–H groups in total. The maximum Gasteiger partial charge on any atom is 0.131 e. The highest BCUT2D eigenvalue weighted by Crippen LogP contribution is 2.24. The van der Waals surface area contributed by atoms with Crippen LogP contribution >= 0.6 is 11.6 Å². The van der Waals surface area contributed by atoms with Crippen LogP contribution in [0.1, 0.15) is 24.2 Å². The second kappa shape index (κ2) is 6.08. The van der Waals surface area contributed by atoms with Crippen LogP contribution in [-0.4, -0.2) is 11.5 Å². The van der Waals surface area contributed by atoms with Gasteiger partial charge in [0.05, 0.1) is 16.8 Å². The number of nitrogens with one attached hydrogen (secondary N) is 1. The van der Waals surface area contributed by atoms with Crippen molar-refractivity contribution in [1.29, 1.82) is 0 Å². The molecule has 1 heterocycles. The zero-order valence-corrected chi connectivity index (χ0v) is 11.1. The van der Waals surface area contributed by atoms with Crippen molar-refractivity contribution in [3.63, 3.8) is 0 Å². The lowest BCUT2D eigenvalue weighted by molar-refractivity contribution is 0.536. The van der Waals surface area contributed by atoms with Crippen LogP contribution in [0.25, 0.3) is 0 Å². The van der Waals surface area contributed by atoms with Gasteiger partial charge in [0.15, 0.2) is 0 Å². The molecule has 0 aliphatic carbocycles. The molecule has 0 radical (unpaired) electrons. The Morgan fingerprint density at radius 3 is 2.63 bits per heavy atom. The minimum atomic E-state index is -0.597. The Labute approximate surface area is 115 Å². The Hall–Kier alpha value is -1.52. The summed E-state index contributed by atoms with van der Waals surface area (Å²) in [6, 6.07) is 6.51. The van der Waals surface area contributed by atoms with Crippen molar-refractivity contribution in [1.82, 2.24) is 10.3 Å². The van der Waals surface area contributed by atoms with Gasteiger partial charge in [-0.15, -0.1) is 0 Å². The van der Waals surface area contributed by atoms with Gasteiger partial charge in [-0.2, -0.15) is 0 Å². The fraction of sp³-hybridized carbons (Fsp3) is 0.214. The van der Waals surface area contributed by atoms with Crippen LogP contribution in [0, 0.1) is 11.6 Å². The quantitative estimate of drug-likeness (QED) is 0.925. The van der Waals surface area contributed by atoms with E-state index in [0.29, 0.717) is 22.8 Å². The lowest BCUT2D eigenvalue weighted by Crippen LogP contribution is -2.24. The maximum atomic E-state index is 13.9. The summed E-state index contributed by atoms with van der Waals surface area (Å²) in [5.41, 5.74) is 0.995. The summed E-state index contributed by atoms with van der Waals surface area (Å²) in [5, 5.41) is 3.64. The molecule has 2 aromatic rings. The molecule has 0 bridgehead atoms. The van der Waals surface area contributed by atoms with E-state index in [-0.39, 0.29) is 0 Å². The van der Waals surface area contributed by atoms with Crippen LogP contribution in [0.4, 0.5) is 8.78 Å². The Morgan fingerprint density at radius 1 is 1.26 bits per heavy atom. The number of aromatic nitrogens is 1. The molecule has 1 unspecified atom stereocenters.